The number of allylic oxidation sites excluding steroid dienone is 1. The minimum absolute atomic E-state index is 0.234. The van der Waals surface area contributed by atoms with Gasteiger partial charge in [0.15, 0.2) is 0 Å². The third-order valence-corrected chi connectivity index (χ3v) is 2.05. The summed E-state index contributed by atoms with van der Waals surface area (Å²) in [6.45, 7) is 10.6. The number of carbonyl (C=O) groups excluding carboxylic acids is 1. The molecule has 0 heterocycles. The van der Waals surface area contributed by atoms with Crippen LogP contribution in [0.15, 0.2) is 11.6 Å². The second-order valence-electron chi connectivity index (χ2n) is 4.68. The maximum atomic E-state index is 11.1. The molecule has 0 spiro atoms. The van der Waals surface area contributed by atoms with Crippen molar-refractivity contribution in [3.8, 4) is 0 Å². The van der Waals surface area contributed by atoms with Crippen LogP contribution < -0.4 is 5.32 Å². The van der Waals surface area contributed by atoms with Crippen molar-refractivity contribution < 1.29 is 9.53 Å². The zero-order chi connectivity index (χ0) is 12.4. The molecule has 0 atom stereocenters. The lowest BCUT2D eigenvalue weighted by Crippen LogP contribution is -2.19. The molecule has 0 amide bonds. The Bertz CT molecular complexity index is 218. The van der Waals surface area contributed by atoms with Gasteiger partial charge in [0, 0.05) is 6.08 Å². The highest BCUT2D eigenvalue weighted by Crippen LogP contribution is 1.96. The molecule has 0 radical (unpaired) electrons. The molecule has 0 aromatic carbocycles. The highest BCUT2D eigenvalue weighted by Gasteiger charge is 1.97. The number of carbonyl (C=O) groups is 1. The first-order valence-corrected chi connectivity index (χ1v) is 6.04. The van der Waals surface area contributed by atoms with E-state index in [0.717, 1.165) is 31.0 Å². The van der Waals surface area contributed by atoms with E-state index in [1.165, 1.54) is 12.5 Å². The van der Waals surface area contributed by atoms with Gasteiger partial charge in [0.2, 0.25) is 0 Å². The lowest BCUT2D eigenvalue weighted by atomic mass is 10.1. The number of hydrogen-bond donors (Lipinski definition) is 1. The highest BCUT2D eigenvalue weighted by molar-refractivity contribution is 5.82. The fourth-order valence-electron chi connectivity index (χ4n) is 1.16. The summed E-state index contributed by atoms with van der Waals surface area (Å²) >= 11 is 0. The summed E-state index contributed by atoms with van der Waals surface area (Å²) in [6.07, 6.45) is 3.59. The average molecular weight is 227 g/mol. The van der Waals surface area contributed by atoms with E-state index in [9.17, 15) is 4.79 Å². The summed E-state index contributed by atoms with van der Waals surface area (Å²) in [5.41, 5.74) is 0.972. The molecular formula is C13H25NO2. The molecule has 0 aliphatic rings. The van der Waals surface area contributed by atoms with Crippen LogP contribution in [0.25, 0.3) is 0 Å². The Labute approximate surface area is 99.3 Å². The molecule has 0 unspecified atom stereocenters. The predicted molar refractivity (Wildman–Crippen MR) is 67.3 cm³/mol. The maximum absolute atomic E-state index is 11.1. The molecule has 3 nitrogen and oxygen atoms in total. The normalized spacial score (nSPS) is 10.3. The standard InChI is InChI=1S/C13H25NO2/c1-11(2)6-8-14-7-5-9-16-13(15)10-12(3)4/h10-11,14H,5-9H2,1-4H3. The maximum Gasteiger partial charge on any atom is 0.330 e. The van der Waals surface area contributed by atoms with Crippen molar-refractivity contribution in [3.05, 3.63) is 11.6 Å². The van der Waals surface area contributed by atoms with Crippen LogP contribution in [-0.2, 0) is 9.53 Å². The van der Waals surface area contributed by atoms with Gasteiger partial charge in [-0.1, -0.05) is 19.4 Å². The van der Waals surface area contributed by atoms with Crippen LogP contribution in [0.1, 0.15) is 40.5 Å². The fraction of sp³-hybridized carbons (Fsp3) is 0.769. The van der Waals surface area contributed by atoms with Crippen LogP contribution in [0, 0.1) is 5.92 Å². The molecule has 0 aromatic rings. The molecule has 0 saturated carbocycles. The summed E-state index contributed by atoms with van der Waals surface area (Å²) in [7, 11) is 0. The molecule has 0 bridgehead atoms. The fourth-order valence-corrected chi connectivity index (χ4v) is 1.16. The summed E-state index contributed by atoms with van der Waals surface area (Å²) in [6, 6.07) is 0. The third kappa shape index (κ3) is 11.2. The second kappa shape index (κ2) is 9.40. The van der Waals surface area contributed by atoms with Gasteiger partial charge in [-0.15, -0.1) is 0 Å². The molecule has 0 aromatic heterocycles. The number of rotatable bonds is 8. The smallest absolute Gasteiger partial charge is 0.330 e. The Morgan fingerprint density at radius 2 is 2.00 bits per heavy atom. The second-order valence-corrected chi connectivity index (χ2v) is 4.68. The lowest BCUT2D eigenvalue weighted by molar-refractivity contribution is -0.137. The number of esters is 1. The van der Waals surface area contributed by atoms with E-state index in [4.69, 9.17) is 4.74 Å². The monoisotopic (exact) mass is 227 g/mol. The van der Waals surface area contributed by atoms with Gasteiger partial charge in [-0.3, -0.25) is 0 Å². The van der Waals surface area contributed by atoms with Gasteiger partial charge >= 0.3 is 5.97 Å². The topological polar surface area (TPSA) is 38.3 Å². The zero-order valence-corrected chi connectivity index (χ0v) is 11.0. The van der Waals surface area contributed by atoms with Gasteiger partial charge < -0.3 is 10.1 Å². The van der Waals surface area contributed by atoms with Crippen molar-refractivity contribution in [3.63, 3.8) is 0 Å². The lowest BCUT2D eigenvalue weighted by Gasteiger charge is -2.06. The van der Waals surface area contributed by atoms with Crippen molar-refractivity contribution in [2.45, 2.75) is 40.5 Å². The molecular weight excluding hydrogens is 202 g/mol. The van der Waals surface area contributed by atoms with Crippen molar-refractivity contribution in [2.75, 3.05) is 19.7 Å². The van der Waals surface area contributed by atoms with E-state index in [1.54, 1.807) is 0 Å². The average Bonchev–Trinajstić information content (AvgIpc) is 2.14. The molecule has 0 aliphatic carbocycles. The quantitative estimate of drug-likeness (QED) is 0.393. The van der Waals surface area contributed by atoms with Gasteiger partial charge in [0.1, 0.15) is 0 Å². The largest absolute Gasteiger partial charge is 0.462 e. The van der Waals surface area contributed by atoms with E-state index in [2.05, 4.69) is 19.2 Å². The van der Waals surface area contributed by atoms with Gasteiger partial charge in [-0.05, 0) is 45.7 Å². The summed E-state index contributed by atoms with van der Waals surface area (Å²) in [5, 5.41) is 3.32. The minimum atomic E-state index is -0.234. The molecule has 94 valence electrons. The van der Waals surface area contributed by atoms with Crippen molar-refractivity contribution >= 4 is 5.97 Å². The van der Waals surface area contributed by atoms with Gasteiger partial charge in [0.25, 0.3) is 0 Å². The third-order valence-electron chi connectivity index (χ3n) is 2.05. The Kier molecular flexibility index (Phi) is 8.91. The Hall–Kier alpha value is -0.830. The number of hydrogen-bond acceptors (Lipinski definition) is 3. The molecule has 0 aliphatic heterocycles. The molecule has 1 N–H and O–H groups in total. The van der Waals surface area contributed by atoms with E-state index in [0.29, 0.717) is 6.61 Å². The zero-order valence-electron chi connectivity index (χ0n) is 11.0. The van der Waals surface area contributed by atoms with Crippen LogP contribution in [0.3, 0.4) is 0 Å². The van der Waals surface area contributed by atoms with Crippen LogP contribution in [0.2, 0.25) is 0 Å². The first kappa shape index (κ1) is 15.2. The van der Waals surface area contributed by atoms with E-state index < -0.39 is 0 Å². The van der Waals surface area contributed by atoms with Crippen LogP contribution in [0.5, 0.6) is 0 Å². The van der Waals surface area contributed by atoms with Crippen LogP contribution in [-0.4, -0.2) is 25.7 Å². The van der Waals surface area contributed by atoms with E-state index >= 15 is 0 Å². The highest BCUT2D eigenvalue weighted by atomic mass is 16.5. The van der Waals surface area contributed by atoms with Gasteiger partial charge in [-0.25, -0.2) is 4.79 Å². The summed E-state index contributed by atoms with van der Waals surface area (Å²) < 4.78 is 5.03. The Balaban J connectivity index is 3.27. The molecule has 0 fully saturated rings. The predicted octanol–water partition coefficient (Wildman–Crippen LogP) is 2.52. The molecule has 16 heavy (non-hydrogen) atoms. The number of nitrogens with one attached hydrogen (secondary N) is 1. The molecule has 0 rings (SSSR count). The first-order chi connectivity index (χ1) is 7.52. The SMILES string of the molecule is CC(C)=CC(=O)OCCCNCCC(C)C. The molecule has 3 heteroatoms. The van der Waals surface area contributed by atoms with Crippen molar-refractivity contribution in [2.24, 2.45) is 5.92 Å². The summed E-state index contributed by atoms with van der Waals surface area (Å²) in [5.74, 6) is 0.505. The van der Waals surface area contributed by atoms with Crippen LogP contribution >= 0.6 is 0 Å². The molecule has 0 saturated heterocycles. The van der Waals surface area contributed by atoms with Crippen molar-refractivity contribution in [1.82, 2.24) is 5.32 Å². The van der Waals surface area contributed by atoms with E-state index in [-0.39, 0.29) is 5.97 Å². The minimum Gasteiger partial charge on any atom is -0.462 e. The van der Waals surface area contributed by atoms with Gasteiger partial charge in [-0.2, -0.15) is 0 Å². The van der Waals surface area contributed by atoms with Crippen molar-refractivity contribution in [1.29, 1.82) is 0 Å². The number of ether oxygens (including phenoxy) is 1. The first-order valence-electron chi connectivity index (χ1n) is 6.04. The van der Waals surface area contributed by atoms with E-state index in [1.807, 2.05) is 13.8 Å². The Morgan fingerprint density at radius 3 is 2.56 bits per heavy atom. The Morgan fingerprint density at radius 1 is 1.31 bits per heavy atom. The van der Waals surface area contributed by atoms with Gasteiger partial charge in [0.05, 0.1) is 6.61 Å². The van der Waals surface area contributed by atoms with Crippen LogP contribution in [0.4, 0.5) is 0 Å². The summed E-state index contributed by atoms with van der Waals surface area (Å²) in [4.78, 5) is 11.1.